The lowest BCUT2D eigenvalue weighted by atomic mass is 10.1. The molecule has 4 heteroatoms. The first-order valence-electron chi connectivity index (χ1n) is 3.56. The molecule has 0 fully saturated rings. The van der Waals surface area contributed by atoms with Gasteiger partial charge < -0.3 is 11.5 Å². The molecule has 1 aromatic carbocycles. The summed E-state index contributed by atoms with van der Waals surface area (Å²) >= 11 is 9.30. The third kappa shape index (κ3) is 1.98. The lowest BCUT2D eigenvalue weighted by Gasteiger charge is -2.11. The normalized spacial score (nSPS) is 13.0. The largest absolute Gasteiger partial charge is 0.329 e. The average molecular weight is 250 g/mol. The van der Waals surface area contributed by atoms with Gasteiger partial charge in [-0.15, -0.1) is 0 Å². The molecule has 2 nitrogen and oxygen atoms in total. The second-order valence-corrected chi connectivity index (χ2v) is 3.72. The van der Waals surface area contributed by atoms with E-state index in [9.17, 15) is 0 Å². The molecule has 1 atom stereocenters. The summed E-state index contributed by atoms with van der Waals surface area (Å²) in [6.07, 6.45) is 0. The highest BCUT2D eigenvalue weighted by molar-refractivity contribution is 9.10. The Morgan fingerprint density at radius 1 is 1.50 bits per heavy atom. The maximum absolute atomic E-state index is 5.98. The highest BCUT2D eigenvalue weighted by Gasteiger charge is 2.09. The molecule has 1 unspecified atom stereocenters. The monoisotopic (exact) mass is 248 g/mol. The second kappa shape index (κ2) is 4.23. The molecular weight excluding hydrogens is 239 g/mol. The minimum Gasteiger partial charge on any atom is -0.329 e. The Hall–Kier alpha value is -0.0900. The first kappa shape index (κ1) is 9.99. The van der Waals surface area contributed by atoms with Crippen LogP contribution in [0.1, 0.15) is 11.6 Å². The van der Waals surface area contributed by atoms with E-state index in [4.69, 9.17) is 23.1 Å². The molecular formula is C8H10BrClN2. The van der Waals surface area contributed by atoms with E-state index in [0.717, 1.165) is 10.0 Å². The van der Waals surface area contributed by atoms with Crippen molar-refractivity contribution in [3.8, 4) is 0 Å². The van der Waals surface area contributed by atoms with Crippen LogP contribution >= 0.6 is 27.5 Å². The van der Waals surface area contributed by atoms with Gasteiger partial charge in [-0.3, -0.25) is 0 Å². The summed E-state index contributed by atoms with van der Waals surface area (Å²) in [5.74, 6) is 0. The summed E-state index contributed by atoms with van der Waals surface area (Å²) in [5, 5.41) is 0.649. The van der Waals surface area contributed by atoms with Crippen LogP contribution in [-0.2, 0) is 0 Å². The van der Waals surface area contributed by atoms with Crippen molar-refractivity contribution < 1.29 is 0 Å². The molecule has 1 rings (SSSR count). The molecule has 12 heavy (non-hydrogen) atoms. The van der Waals surface area contributed by atoms with Crippen LogP contribution in [0.4, 0.5) is 0 Å². The molecule has 66 valence electrons. The van der Waals surface area contributed by atoms with E-state index in [2.05, 4.69) is 15.9 Å². The Morgan fingerprint density at radius 3 is 2.75 bits per heavy atom. The maximum atomic E-state index is 5.98. The average Bonchev–Trinajstić information content (AvgIpc) is 2.08. The SMILES string of the molecule is NCC(N)c1cccc(Br)c1Cl. The molecule has 0 saturated carbocycles. The minimum absolute atomic E-state index is 0.185. The lowest BCUT2D eigenvalue weighted by Crippen LogP contribution is -2.21. The summed E-state index contributed by atoms with van der Waals surface area (Å²) in [6.45, 7) is 0.399. The third-order valence-corrected chi connectivity index (χ3v) is 2.95. The Labute approximate surface area is 85.0 Å². The number of hydrogen-bond donors (Lipinski definition) is 2. The van der Waals surface area contributed by atoms with Crippen LogP contribution in [0, 0.1) is 0 Å². The highest BCUT2D eigenvalue weighted by Crippen LogP contribution is 2.28. The number of halogens is 2. The van der Waals surface area contributed by atoms with Crippen LogP contribution in [0.5, 0.6) is 0 Å². The van der Waals surface area contributed by atoms with E-state index < -0.39 is 0 Å². The van der Waals surface area contributed by atoms with Crippen LogP contribution in [0.3, 0.4) is 0 Å². The van der Waals surface area contributed by atoms with Gasteiger partial charge in [0, 0.05) is 17.1 Å². The van der Waals surface area contributed by atoms with Crippen LogP contribution in [0.25, 0.3) is 0 Å². The molecule has 4 N–H and O–H groups in total. The number of benzene rings is 1. The van der Waals surface area contributed by atoms with Crippen LogP contribution < -0.4 is 11.5 Å². The van der Waals surface area contributed by atoms with Gasteiger partial charge >= 0.3 is 0 Å². The van der Waals surface area contributed by atoms with Crippen molar-refractivity contribution in [3.05, 3.63) is 33.3 Å². The van der Waals surface area contributed by atoms with Crippen LogP contribution in [0.2, 0.25) is 5.02 Å². The minimum atomic E-state index is -0.185. The molecule has 1 aromatic rings. The van der Waals surface area contributed by atoms with Gasteiger partial charge in [0.15, 0.2) is 0 Å². The van der Waals surface area contributed by atoms with Crippen LogP contribution in [-0.4, -0.2) is 6.54 Å². The van der Waals surface area contributed by atoms with Gasteiger partial charge in [-0.05, 0) is 27.6 Å². The van der Waals surface area contributed by atoms with Crippen molar-refractivity contribution in [1.29, 1.82) is 0 Å². The summed E-state index contributed by atoms with van der Waals surface area (Å²) in [6, 6.07) is 5.45. The topological polar surface area (TPSA) is 52.0 Å². The number of hydrogen-bond acceptors (Lipinski definition) is 2. The molecule has 0 radical (unpaired) electrons. The Kier molecular flexibility index (Phi) is 3.53. The van der Waals surface area contributed by atoms with Crippen molar-refractivity contribution >= 4 is 27.5 Å². The lowest BCUT2D eigenvalue weighted by molar-refractivity contribution is 0.737. The maximum Gasteiger partial charge on any atom is 0.0596 e. The molecule has 0 aromatic heterocycles. The van der Waals surface area contributed by atoms with Gasteiger partial charge in [0.25, 0.3) is 0 Å². The van der Waals surface area contributed by atoms with Gasteiger partial charge in [0.2, 0.25) is 0 Å². The van der Waals surface area contributed by atoms with Crippen molar-refractivity contribution in [2.75, 3.05) is 6.54 Å². The van der Waals surface area contributed by atoms with Gasteiger partial charge in [-0.25, -0.2) is 0 Å². The zero-order valence-corrected chi connectivity index (χ0v) is 8.77. The highest BCUT2D eigenvalue weighted by atomic mass is 79.9. The Bertz CT molecular complexity index is 278. The van der Waals surface area contributed by atoms with E-state index in [1.807, 2.05) is 18.2 Å². The molecule has 0 spiro atoms. The van der Waals surface area contributed by atoms with Crippen molar-refractivity contribution in [3.63, 3.8) is 0 Å². The summed E-state index contributed by atoms with van der Waals surface area (Å²) in [4.78, 5) is 0. The fraction of sp³-hybridized carbons (Fsp3) is 0.250. The van der Waals surface area contributed by atoms with Gasteiger partial charge in [-0.2, -0.15) is 0 Å². The molecule has 0 aliphatic carbocycles. The first-order chi connectivity index (χ1) is 5.66. The Morgan fingerprint density at radius 2 is 2.17 bits per heavy atom. The zero-order chi connectivity index (χ0) is 9.14. The van der Waals surface area contributed by atoms with E-state index in [0.29, 0.717) is 11.6 Å². The van der Waals surface area contributed by atoms with E-state index in [1.54, 1.807) is 0 Å². The van der Waals surface area contributed by atoms with Crippen molar-refractivity contribution in [2.24, 2.45) is 11.5 Å². The second-order valence-electron chi connectivity index (χ2n) is 2.49. The molecule has 0 heterocycles. The fourth-order valence-electron chi connectivity index (χ4n) is 0.934. The Balaban J connectivity index is 3.07. The quantitative estimate of drug-likeness (QED) is 0.843. The summed E-state index contributed by atoms with van der Waals surface area (Å²) in [5.41, 5.74) is 12.0. The standard InChI is InChI=1S/C8H10BrClN2/c9-6-3-1-2-5(8(6)10)7(12)4-11/h1-3,7H,4,11-12H2. The van der Waals surface area contributed by atoms with Crippen molar-refractivity contribution in [1.82, 2.24) is 0 Å². The predicted octanol–water partition coefficient (Wildman–Crippen LogP) is 2.06. The van der Waals surface area contributed by atoms with Gasteiger partial charge in [-0.1, -0.05) is 23.7 Å². The predicted molar refractivity (Wildman–Crippen MR) is 55.1 cm³/mol. The fourth-order valence-corrected chi connectivity index (χ4v) is 1.58. The molecule has 0 amide bonds. The summed E-state index contributed by atoms with van der Waals surface area (Å²) < 4.78 is 0.852. The smallest absolute Gasteiger partial charge is 0.0596 e. The van der Waals surface area contributed by atoms with Gasteiger partial charge in [0.1, 0.15) is 0 Å². The van der Waals surface area contributed by atoms with E-state index in [-0.39, 0.29) is 6.04 Å². The molecule has 0 bridgehead atoms. The molecule has 0 aliphatic heterocycles. The molecule has 0 aliphatic rings. The van der Waals surface area contributed by atoms with Gasteiger partial charge in [0.05, 0.1) is 5.02 Å². The van der Waals surface area contributed by atoms with Crippen molar-refractivity contribution in [2.45, 2.75) is 6.04 Å². The third-order valence-electron chi connectivity index (χ3n) is 1.63. The van der Waals surface area contributed by atoms with E-state index in [1.165, 1.54) is 0 Å². The van der Waals surface area contributed by atoms with E-state index >= 15 is 0 Å². The summed E-state index contributed by atoms with van der Waals surface area (Å²) in [7, 11) is 0. The first-order valence-corrected chi connectivity index (χ1v) is 4.73. The van der Waals surface area contributed by atoms with Crippen LogP contribution in [0.15, 0.2) is 22.7 Å². The number of nitrogens with two attached hydrogens (primary N) is 2. The molecule has 0 saturated heterocycles. The number of rotatable bonds is 2. The zero-order valence-electron chi connectivity index (χ0n) is 6.43.